The highest BCUT2D eigenvalue weighted by molar-refractivity contribution is 9.10. The van der Waals surface area contributed by atoms with Gasteiger partial charge in [0.05, 0.1) is 0 Å². The summed E-state index contributed by atoms with van der Waals surface area (Å²) in [6.07, 6.45) is 8.11. The first-order chi connectivity index (χ1) is 7.25. The highest BCUT2D eigenvalue weighted by Gasteiger charge is 1.99. The van der Waals surface area contributed by atoms with E-state index in [2.05, 4.69) is 32.0 Å². The molecular formula is C10H11BrN4. The number of nitrogen functional groups attached to an aromatic ring is 1. The summed E-state index contributed by atoms with van der Waals surface area (Å²) in [4.78, 5) is 8.07. The molecule has 0 unspecified atom stereocenters. The molecule has 0 amide bonds. The van der Waals surface area contributed by atoms with Crippen LogP contribution in [0.2, 0.25) is 0 Å². The second kappa shape index (κ2) is 4.44. The zero-order chi connectivity index (χ0) is 10.7. The van der Waals surface area contributed by atoms with Crippen LogP contribution in [0.5, 0.6) is 0 Å². The molecular weight excluding hydrogens is 256 g/mol. The van der Waals surface area contributed by atoms with Crippen molar-refractivity contribution < 1.29 is 0 Å². The summed E-state index contributed by atoms with van der Waals surface area (Å²) in [5.74, 6) is 0.554. The number of nitrogens with two attached hydrogens (primary N) is 1. The second-order valence-corrected chi connectivity index (χ2v) is 4.16. The largest absolute Gasteiger partial charge is 0.369 e. The van der Waals surface area contributed by atoms with Gasteiger partial charge in [-0.15, -0.1) is 0 Å². The van der Waals surface area contributed by atoms with Gasteiger partial charge in [-0.1, -0.05) is 0 Å². The Balaban J connectivity index is 2.02. The lowest BCUT2D eigenvalue weighted by Crippen LogP contribution is -2.04. The monoisotopic (exact) mass is 266 g/mol. The van der Waals surface area contributed by atoms with Crippen molar-refractivity contribution in [3.05, 3.63) is 40.9 Å². The fourth-order valence-electron chi connectivity index (χ4n) is 1.37. The van der Waals surface area contributed by atoms with Crippen LogP contribution in [-0.4, -0.2) is 14.5 Å². The van der Waals surface area contributed by atoms with E-state index in [1.165, 1.54) is 5.56 Å². The van der Waals surface area contributed by atoms with E-state index in [0.29, 0.717) is 5.95 Å². The van der Waals surface area contributed by atoms with Crippen molar-refractivity contribution in [1.82, 2.24) is 14.5 Å². The predicted molar refractivity (Wildman–Crippen MR) is 62.3 cm³/mol. The van der Waals surface area contributed by atoms with E-state index in [1.54, 1.807) is 12.4 Å². The summed E-state index contributed by atoms with van der Waals surface area (Å²) in [5, 5.41) is 0. The van der Waals surface area contributed by atoms with Crippen LogP contribution < -0.4 is 5.73 Å². The fraction of sp³-hybridized carbons (Fsp3) is 0.200. The zero-order valence-corrected chi connectivity index (χ0v) is 9.68. The van der Waals surface area contributed by atoms with Gasteiger partial charge in [0.25, 0.3) is 0 Å². The molecule has 0 saturated carbocycles. The molecule has 2 aromatic rings. The molecule has 4 nitrogen and oxygen atoms in total. The first-order valence-corrected chi connectivity index (χ1v) is 5.41. The van der Waals surface area contributed by atoms with Crippen molar-refractivity contribution in [3.8, 4) is 0 Å². The molecule has 2 aromatic heterocycles. The van der Waals surface area contributed by atoms with Gasteiger partial charge in [-0.05, 0) is 34.0 Å². The number of halogens is 1. The second-order valence-electron chi connectivity index (χ2n) is 3.24. The van der Waals surface area contributed by atoms with Gasteiger partial charge in [0.2, 0.25) is 0 Å². The van der Waals surface area contributed by atoms with Gasteiger partial charge in [0.1, 0.15) is 0 Å². The minimum Gasteiger partial charge on any atom is -0.369 e. The molecule has 2 heterocycles. The van der Waals surface area contributed by atoms with Crippen LogP contribution in [0.1, 0.15) is 5.56 Å². The van der Waals surface area contributed by atoms with Crippen LogP contribution >= 0.6 is 15.9 Å². The van der Waals surface area contributed by atoms with E-state index in [4.69, 9.17) is 5.73 Å². The van der Waals surface area contributed by atoms with Crippen LogP contribution in [0, 0.1) is 0 Å². The van der Waals surface area contributed by atoms with Crippen molar-refractivity contribution in [2.45, 2.75) is 13.0 Å². The zero-order valence-electron chi connectivity index (χ0n) is 8.10. The molecule has 0 aliphatic carbocycles. The molecule has 2 rings (SSSR count). The normalized spacial score (nSPS) is 10.5. The maximum absolute atomic E-state index is 5.66. The minimum absolute atomic E-state index is 0.554. The number of aryl methyl sites for hydroxylation is 2. The van der Waals surface area contributed by atoms with E-state index in [-0.39, 0.29) is 0 Å². The van der Waals surface area contributed by atoms with Crippen molar-refractivity contribution in [2.75, 3.05) is 5.73 Å². The molecule has 0 radical (unpaired) electrons. The Labute approximate surface area is 96.3 Å². The topological polar surface area (TPSA) is 56.7 Å². The van der Waals surface area contributed by atoms with Crippen LogP contribution in [0.25, 0.3) is 0 Å². The highest BCUT2D eigenvalue weighted by Crippen LogP contribution is 2.11. The average Bonchev–Trinajstić information content (AvgIpc) is 2.61. The fourth-order valence-corrected chi connectivity index (χ4v) is 1.78. The summed E-state index contributed by atoms with van der Waals surface area (Å²) in [5.41, 5.74) is 6.84. The van der Waals surface area contributed by atoms with E-state index in [9.17, 15) is 0 Å². The van der Waals surface area contributed by atoms with Crippen LogP contribution in [0.4, 0.5) is 5.95 Å². The molecule has 0 aliphatic rings. The summed E-state index contributed by atoms with van der Waals surface area (Å²) >= 11 is 3.39. The number of rotatable bonds is 3. The van der Waals surface area contributed by atoms with Crippen LogP contribution in [0.3, 0.4) is 0 Å². The van der Waals surface area contributed by atoms with Crippen molar-refractivity contribution in [3.63, 3.8) is 0 Å². The highest BCUT2D eigenvalue weighted by atomic mass is 79.9. The van der Waals surface area contributed by atoms with Crippen LogP contribution in [-0.2, 0) is 13.0 Å². The van der Waals surface area contributed by atoms with Gasteiger partial charge in [-0.3, -0.25) is 4.98 Å². The third kappa shape index (κ3) is 2.56. The predicted octanol–water partition coefficient (Wildman–Crippen LogP) is 1.87. The number of nitrogens with zero attached hydrogens (tertiary/aromatic N) is 3. The number of anilines is 1. The third-order valence-corrected chi connectivity index (χ3v) is 2.58. The molecule has 0 bridgehead atoms. The lowest BCUT2D eigenvalue weighted by molar-refractivity contribution is 0.704. The Morgan fingerprint density at radius 3 is 2.93 bits per heavy atom. The molecule has 0 aromatic carbocycles. The Hall–Kier alpha value is -1.36. The lowest BCUT2D eigenvalue weighted by Gasteiger charge is -2.04. The molecule has 0 saturated heterocycles. The van der Waals surface area contributed by atoms with Crippen LogP contribution in [0.15, 0.2) is 35.3 Å². The Bertz CT molecular complexity index is 452. The number of pyridine rings is 1. The van der Waals surface area contributed by atoms with Gasteiger partial charge < -0.3 is 10.3 Å². The molecule has 78 valence electrons. The molecule has 0 atom stereocenters. The van der Waals surface area contributed by atoms with Gasteiger partial charge >= 0.3 is 0 Å². The van der Waals surface area contributed by atoms with E-state index in [1.807, 2.05) is 17.0 Å². The van der Waals surface area contributed by atoms with E-state index >= 15 is 0 Å². The number of hydrogen-bond donors (Lipinski definition) is 1. The molecule has 0 aliphatic heterocycles. The first kappa shape index (κ1) is 10.2. The first-order valence-electron chi connectivity index (χ1n) is 4.62. The average molecular weight is 267 g/mol. The number of imidazole rings is 1. The Morgan fingerprint density at radius 2 is 2.27 bits per heavy atom. The van der Waals surface area contributed by atoms with Crippen molar-refractivity contribution >= 4 is 21.9 Å². The van der Waals surface area contributed by atoms with Gasteiger partial charge in [0.15, 0.2) is 5.95 Å². The molecule has 15 heavy (non-hydrogen) atoms. The SMILES string of the molecule is Nc1nccn1CCc1cncc(Br)c1. The summed E-state index contributed by atoms with van der Waals surface area (Å²) < 4.78 is 2.92. The Morgan fingerprint density at radius 1 is 1.40 bits per heavy atom. The molecule has 0 fully saturated rings. The summed E-state index contributed by atoms with van der Waals surface area (Å²) in [6.45, 7) is 0.823. The van der Waals surface area contributed by atoms with E-state index in [0.717, 1.165) is 17.4 Å². The smallest absolute Gasteiger partial charge is 0.200 e. The molecule has 5 heteroatoms. The maximum Gasteiger partial charge on any atom is 0.200 e. The van der Waals surface area contributed by atoms with Gasteiger partial charge in [-0.2, -0.15) is 0 Å². The maximum atomic E-state index is 5.66. The van der Waals surface area contributed by atoms with Crippen molar-refractivity contribution in [2.24, 2.45) is 0 Å². The summed E-state index contributed by atoms with van der Waals surface area (Å²) in [6, 6.07) is 2.06. The summed E-state index contributed by atoms with van der Waals surface area (Å²) in [7, 11) is 0. The quantitative estimate of drug-likeness (QED) is 0.923. The van der Waals surface area contributed by atoms with E-state index < -0.39 is 0 Å². The van der Waals surface area contributed by atoms with Gasteiger partial charge in [0, 0.05) is 35.8 Å². The minimum atomic E-state index is 0.554. The van der Waals surface area contributed by atoms with Gasteiger partial charge in [-0.25, -0.2) is 4.98 Å². The molecule has 0 spiro atoms. The van der Waals surface area contributed by atoms with Crippen molar-refractivity contribution in [1.29, 1.82) is 0 Å². The molecule has 2 N–H and O–H groups in total. The Kier molecular flexibility index (Phi) is 3.01. The number of hydrogen-bond acceptors (Lipinski definition) is 3. The number of aromatic nitrogens is 3. The lowest BCUT2D eigenvalue weighted by atomic mass is 10.2. The standard InChI is InChI=1S/C10H11BrN4/c11-9-5-8(6-13-7-9)1-3-15-4-2-14-10(15)12/h2,4-7H,1,3H2,(H2,12,14). The third-order valence-electron chi connectivity index (χ3n) is 2.15.